The van der Waals surface area contributed by atoms with Crippen LogP contribution in [0.1, 0.15) is 5.56 Å². The Balaban J connectivity index is 1.90. The minimum Gasteiger partial charge on any atom is -0.240 e. The lowest BCUT2D eigenvalue weighted by atomic mass is 10.1. The van der Waals surface area contributed by atoms with Crippen molar-refractivity contribution in [1.29, 1.82) is 0 Å². The Hall–Kier alpha value is -0.470. The first-order valence-corrected chi connectivity index (χ1v) is 5.79. The summed E-state index contributed by atoms with van der Waals surface area (Å²) in [5.74, 6) is 1.21. The summed E-state index contributed by atoms with van der Waals surface area (Å²) in [7, 11) is 0. The predicted molar refractivity (Wildman–Crippen MR) is 58.3 cm³/mol. The van der Waals surface area contributed by atoms with Gasteiger partial charge in [-0.05, 0) is 12.0 Å². The van der Waals surface area contributed by atoms with E-state index >= 15 is 0 Å². The minimum absolute atomic E-state index is 0.719. The van der Waals surface area contributed by atoms with Gasteiger partial charge in [-0.3, -0.25) is 0 Å². The van der Waals surface area contributed by atoms with Gasteiger partial charge >= 0.3 is 0 Å². The number of hydrogen-bond donors (Lipinski definition) is 0. The van der Waals surface area contributed by atoms with E-state index in [0.29, 0.717) is 0 Å². The highest BCUT2D eigenvalue weighted by Crippen LogP contribution is 2.18. The summed E-state index contributed by atoms with van der Waals surface area (Å²) in [4.78, 5) is 0. The van der Waals surface area contributed by atoms with Crippen LogP contribution in [0.3, 0.4) is 0 Å². The van der Waals surface area contributed by atoms with E-state index in [1.165, 1.54) is 17.7 Å². The van der Waals surface area contributed by atoms with Crippen LogP contribution in [-0.2, 0) is 6.42 Å². The molecule has 0 aromatic heterocycles. The first-order chi connectivity index (χ1) is 6.45. The Labute approximate surface area is 83.9 Å². The second-order valence-corrected chi connectivity index (χ2v) is 4.72. The van der Waals surface area contributed by atoms with Crippen LogP contribution in [-0.4, -0.2) is 24.1 Å². The fourth-order valence-electron chi connectivity index (χ4n) is 1.57. The molecule has 1 radical (unpaired) electrons. The molecule has 0 spiro atoms. The van der Waals surface area contributed by atoms with E-state index in [4.69, 9.17) is 0 Å². The average Bonchev–Trinajstić information content (AvgIpc) is 2.21. The fourth-order valence-corrected chi connectivity index (χ4v) is 2.66. The van der Waals surface area contributed by atoms with Gasteiger partial charge < -0.3 is 0 Å². The third kappa shape index (κ3) is 2.75. The molecule has 1 aliphatic rings. The molecule has 1 fully saturated rings. The van der Waals surface area contributed by atoms with E-state index in [9.17, 15) is 0 Å². The Bertz CT molecular complexity index is 242. The average molecular weight is 192 g/mol. The van der Waals surface area contributed by atoms with Crippen LogP contribution in [0.4, 0.5) is 0 Å². The summed E-state index contributed by atoms with van der Waals surface area (Å²) in [6, 6.07) is 10.7. The van der Waals surface area contributed by atoms with E-state index in [2.05, 4.69) is 47.4 Å². The maximum absolute atomic E-state index is 4.43. The van der Waals surface area contributed by atoms with Crippen molar-refractivity contribution in [2.45, 2.75) is 11.7 Å². The molecule has 0 N–H and O–H groups in total. The number of thioether (sulfide) groups is 1. The van der Waals surface area contributed by atoms with Crippen molar-refractivity contribution < 1.29 is 0 Å². The molecule has 69 valence electrons. The van der Waals surface area contributed by atoms with Gasteiger partial charge in [0.05, 0.1) is 0 Å². The predicted octanol–water partition coefficient (Wildman–Crippen LogP) is 1.95. The second kappa shape index (κ2) is 4.68. The van der Waals surface area contributed by atoms with Crippen molar-refractivity contribution in [3.05, 3.63) is 35.9 Å². The van der Waals surface area contributed by atoms with Gasteiger partial charge in [-0.15, -0.1) is 0 Å². The molecule has 0 bridgehead atoms. The van der Waals surface area contributed by atoms with Crippen molar-refractivity contribution in [2.75, 3.05) is 18.8 Å². The fraction of sp³-hybridized carbons (Fsp3) is 0.455. The van der Waals surface area contributed by atoms with Crippen LogP contribution in [0.25, 0.3) is 0 Å². The molecule has 2 rings (SSSR count). The molecule has 1 saturated heterocycles. The van der Waals surface area contributed by atoms with Crippen LogP contribution in [0, 0.1) is 0 Å². The largest absolute Gasteiger partial charge is 0.240 e. The molecular formula is C11H14NS. The molecule has 0 aliphatic carbocycles. The standard InChI is InChI=1S/C11H14NS/c1-2-4-10(5-3-1)8-11-9-12-6-7-13-11/h1-5,11H,6-9H2. The highest BCUT2D eigenvalue weighted by atomic mass is 32.2. The lowest BCUT2D eigenvalue weighted by molar-refractivity contribution is 0.654. The van der Waals surface area contributed by atoms with Crippen molar-refractivity contribution in [2.24, 2.45) is 0 Å². The lowest BCUT2D eigenvalue weighted by Crippen LogP contribution is -2.28. The van der Waals surface area contributed by atoms with Crippen LogP contribution in [0.2, 0.25) is 0 Å². The molecule has 2 heteroatoms. The zero-order chi connectivity index (χ0) is 8.93. The minimum atomic E-state index is 0.719. The molecular weight excluding hydrogens is 178 g/mol. The molecule has 1 atom stereocenters. The van der Waals surface area contributed by atoms with Crippen LogP contribution in [0.15, 0.2) is 30.3 Å². The zero-order valence-corrected chi connectivity index (χ0v) is 8.46. The van der Waals surface area contributed by atoms with Crippen molar-refractivity contribution in [1.82, 2.24) is 5.32 Å². The first-order valence-electron chi connectivity index (χ1n) is 4.74. The Morgan fingerprint density at radius 1 is 1.31 bits per heavy atom. The summed E-state index contributed by atoms with van der Waals surface area (Å²) >= 11 is 2.06. The van der Waals surface area contributed by atoms with Gasteiger partial charge in [0.25, 0.3) is 0 Å². The Kier molecular flexibility index (Phi) is 3.27. The maximum Gasteiger partial charge on any atom is 0.0256 e. The van der Waals surface area contributed by atoms with Crippen molar-refractivity contribution in [3.8, 4) is 0 Å². The third-order valence-electron chi connectivity index (χ3n) is 2.24. The summed E-state index contributed by atoms with van der Waals surface area (Å²) in [5, 5.41) is 5.15. The topological polar surface area (TPSA) is 14.1 Å². The van der Waals surface area contributed by atoms with Crippen LogP contribution >= 0.6 is 11.8 Å². The molecule has 1 aromatic carbocycles. The SMILES string of the molecule is c1ccc(CC2C[N]CCS2)cc1. The molecule has 1 aliphatic heterocycles. The van der Waals surface area contributed by atoms with E-state index < -0.39 is 0 Å². The van der Waals surface area contributed by atoms with Gasteiger partial charge in [-0.1, -0.05) is 30.3 Å². The van der Waals surface area contributed by atoms with E-state index in [1.807, 2.05) is 0 Å². The van der Waals surface area contributed by atoms with Gasteiger partial charge in [0.1, 0.15) is 0 Å². The number of hydrogen-bond acceptors (Lipinski definition) is 1. The first kappa shape index (κ1) is 9.10. The monoisotopic (exact) mass is 192 g/mol. The van der Waals surface area contributed by atoms with Gasteiger partial charge in [-0.25, -0.2) is 5.32 Å². The normalized spacial score (nSPS) is 22.9. The van der Waals surface area contributed by atoms with Crippen LogP contribution < -0.4 is 5.32 Å². The van der Waals surface area contributed by atoms with Crippen molar-refractivity contribution >= 4 is 11.8 Å². The van der Waals surface area contributed by atoms with Crippen molar-refractivity contribution in [3.63, 3.8) is 0 Å². The highest BCUT2D eigenvalue weighted by Gasteiger charge is 2.14. The quantitative estimate of drug-likeness (QED) is 0.698. The Morgan fingerprint density at radius 3 is 2.85 bits per heavy atom. The number of benzene rings is 1. The second-order valence-electron chi connectivity index (χ2n) is 3.31. The zero-order valence-electron chi connectivity index (χ0n) is 7.65. The van der Waals surface area contributed by atoms with E-state index in [0.717, 1.165) is 18.3 Å². The number of nitrogens with zero attached hydrogens (tertiary/aromatic N) is 1. The molecule has 1 heterocycles. The molecule has 1 aromatic rings. The summed E-state index contributed by atoms with van der Waals surface area (Å²) in [6.45, 7) is 2.09. The number of rotatable bonds is 2. The molecule has 1 unspecified atom stereocenters. The molecule has 0 amide bonds. The Morgan fingerprint density at radius 2 is 2.15 bits per heavy atom. The van der Waals surface area contributed by atoms with Crippen LogP contribution in [0.5, 0.6) is 0 Å². The van der Waals surface area contributed by atoms with Gasteiger partial charge in [0, 0.05) is 24.1 Å². The highest BCUT2D eigenvalue weighted by molar-refractivity contribution is 8.00. The summed E-state index contributed by atoms with van der Waals surface area (Å²) in [6.07, 6.45) is 1.18. The van der Waals surface area contributed by atoms with E-state index in [-0.39, 0.29) is 0 Å². The maximum atomic E-state index is 4.43. The van der Waals surface area contributed by atoms with E-state index in [1.54, 1.807) is 0 Å². The summed E-state index contributed by atoms with van der Waals surface area (Å²) < 4.78 is 0. The van der Waals surface area contributed by atoms with Gasteiger partial charge in [0.15, 0.2) is 0 Å². The smallest absolute Gasteiger partial charge is 0.0256 e. The lowest BCUT2D eigenvalue weighted by Gasteiger charge is -2.20. The molecule has 1 nitrogen and oxygen atoms in total. The third-order valence-corrected chi connectivity index (χ3v) is 3.45. The van der Waals surface area contributed by atoms with Gasteiger partial charge in [-0.2, -0.15) is 11.8 Å². The van der Waals surface area contributed by atoms with Gasteiger partial charge in [0.2, 0.25) is 0 Å². The molecule has 13 heavy (non-hydrogen) atoms. The molecule has 0 saturated carbocycles. The summed E-state index contributed by atoms with van der Waals surface area (Å²) in [5.41, 5.74) is 1.44.